The number of aromatic nitrogens is 4. The fourth-order valence-corrected chi connectivity index (χ4v) is 2.72. The summed E-state index contributed by atoms with van der Waals surface area (Å²) in [5, 5.41) is 7.29. The van der Waals surface area contributed by atoms with Crippen LogP contribution in [0.4, 0.5) is 0 Å². The standard InChI is InChI=1S/C18H21N5O3/c1-4-26-14-7-5-13(6-8-14)12(2)21-16(24)10-23-11-19-17-15(18(23)25)9-20-22(17)3/h5-9,11-12H,4,10H2,1-3H3,(H,21,24). The van der Waals surface area contributed by atoms with Gasteiger partial charge in [-0.05, 0) is 31.5 Å². The van der Waals surface area contributed by atoms with E-state index in [1.54, 1.807) is 7.05 Å². The van der Waals surface area contributed by atoms with Crippen LogP contribution in [0.3, 0.4) is 0 Å². The minimum Gasteiger partial charge on any atom is -0.494 e. The summed E-state index contributed by atoms with van der Waals surface area (Å²) in [6, 6.07) is 7.36. The molecule has 0 saturated heterocycles. The Bertz CT molecular complexity index is 975. The summed E-state index contributed by atoms with van der Waals surface area (Å²) in [5.74, 6) is 0.524. The van der Waals surface area contributed by atoms with Gasteiger partial charge in [-0.1, -0.05) is 12.1 Å². The monoisotopic (exact) mass is 355 g/mol. The second-order valence-electron chi connectivity index (χ2n) is 5.97. The van der Waals surface area contributed by atoms with Crippen molar-refractivity contribution < 1.29 is 9.53 Å². The predicted molar refractivity (Wildman–Crippen MR) is 96.9 cm³/mol. The number of rotatable bonds is 6. The summed E-state index contributed by atoms with van der Waals surface area (Å²) in [6.07, 6.45) is 2.83. The molecule has 0 spiro atoms. The largest absolute Gasteiger partial charge is 0.494 e. The van der Waals surface area contributed by atoms with Gasteiger partial charge in [-0.2, -0.15) is 5.10 Å². The van der Waals surface area contributed by atoms with E-state index in [9.17, 15) is 9.59 Å². The number of hydrogen-bond acceptors (Lipinski definition) is 5. The summed E-state index contributed by atoms with van der Waals surface area (Å²) < 4.78 is 8.22. The third-order valence-corrected chi connectivity index (χ3v) is 4.10. The molecule has 3 rings (SSSR count). The SMILES string of the molecule is CCOc1ccc(C(C)NC(=O)Cn2cnc3c(cnn3C)c2=O)cc1. The summed E-state index contributed by atoms with van der Waals surface area (Å²) in [5.41, 5.74) is 1.16. The maximum Gasteiger partial charge on any atom is 0.264 e. The van der Waals surface area contributed by atoms with Crippen molar-refractivity contribution in [1.82, 2.24) is 24.6 Å². The van der Waals surface area contributed by atoms with Crippen molar-refractivity contribution in [2.24, 2.45) is 7.05 Å². The van der Waals surface area contributed by atoms with Gasteiger partial charge in [-0.25, -0.2) is 4.98 Å². The van der Waals surface area contributed by atoms with Crippen LogP contribution in [-0.2, 0) is 18.4 Å². The quantitative estimate of drug-likeness (QED) is 0.722. The van der Waals surface area contributed by atoms with E-state index < -0.39 is 0 Å². The van der Waals surface area contributed by atoms with E-state index in [0.29, 0.717) is 17.6 Å². The molecule has 1 N–H and O–H groups in total. The van der Waals surface area contributed by atoms with Crippen molar-refractivity contribution in [3.63, 3.8) is 0 Å². The Labute approximate surface area is 150 Å². The van der Waals surface area contributed by atoms with Crippen LogP contribution in [0.5, 0.6) is 5.75 Å². The zero-order valence-electron chi connectivity index (χ0n) is 15.0. The highest BCUT2D eigenvalue weighted by atomic mass is 16.5. The summed E-state index contributed by atoms with van der Waals surface area (Å²) in [4.78, 5) is 28.9. The lowest BCUT2D eigenvalue weighted by Crippen LogP contribution is -2.33. The number of amides is 1. The molecule has 2 heterocycles. The van der Waals surface area contributed by atoms with Crippen molar-refractivity contribution in [1.29, 1.82) is 0 Å². The van der Waals surface area contributed by atoms with Gasteiger partial charge in [0.1, 0.15) is 24.0 Å². The van der Waals surface area contributed by atoms with Gasteiger partial charge in [0.05, 0.1) is 18.8 Å². The van der Waals surface area contributed by atoms with Crippen molar-refractivity contribution in [2.45, 2.75) is 26.4 Å². The van der Waals surface area contributed by atoms with Gasteiger partial charge in [0.15, 0.2) is 5.65 Å². The topological polar surface area (TPSA) is 91.0 Å². The van der Waals surface area contributed by atoms with Gasteiger partial charge in [-0.3, -0.25) is 18.8 Å². The molecule has 0 bridgehead atoms. The van der Waals surface area contributed by atoms with E-state index in [4.69, 9.17) is 4.74 Å². The van der Waals surface area contributed by atoms with Crippen LogP contribution in [0, 0.1) is 0 Å². The van der Waals surface area contributed by atoms with Crippen LogP contribution in [0.15, 0.2) is 41.6 Å². The predicted octanol–water partition coefficient (Wildman–Crippen LogP) is 1.41. The number of fused-ring (bicyclic) bond motifs is 1. The molecule has 3 aromatic rings. The van der Waals surface area contributed by atoms with Gasteiger partial charge >= 0.3 is 0 Å². The molecule has 0 aliphatic rings. The van der Waals surface area contributed by atoms with Crippen LogP contribution in [0.25, 0.3) is 11.0 Å². The van der Waals surface area contributed by atoms with Gasteiger partial charge in [0, 0.05) is 7.05 Å². The first-order chi connectivity index (χ1) is 12.5. The van der Waals surface area contributed by atoms with E-state index in [1.807, 2.05) is 38.1 Å². The third kappa shape index (κ3) is 3.58. The van der Waals surface area contributed by atoms with Crippen molar-refractivity contribution in [3.8, 4) is 5.75 Å². The maximum atomic E-state index is 12.4. The first kappa shape index (κ1) is 17.7. The van der Waals surface area contributed by atoms with E-state index in [1.165, 1.54) is 21.8 Å². The van der Waals surface area contributed by atoms with Crippen molar-refractivity contribution >= 4 is 16.9 Å². The summed E-state index contributed by atoms with van der Waals surface area (Å²) >= 11 is 0. The molecule has 1 atom stereocenters. The molecular weight excluding hydrogens is 334 g/mol. The zero-order valence-corrected chi connectivity index (χ0v) is 15.0. The molecule has 26 heavy (non-hydrogen) atoms. The lowest BCUT2D eigenvalue weighted by atomic mass is 10.1. The highest BCUT2D eigenvalue weighted by Gasteiger charge is 2.13. The Morgan fingerprint density at radius 3 is 2.73 bits per heavy atom. The molecule has 8 heteroatoms. The number of nitrogens with one attached hydrogen (secondary N) is 1. The number of aryl methyl sites for hydroxylation is 1. The number of benzene rings is 1. The fourth-order valence-electron chi connectivity index (χ4n) is 2.72. The van der Waals surface area contributed by atoms with Crippen molar-refractivity contribution in [2.75, 3.05) is 6.61 Å². The molecule has 0 aliphatic carbocycles. The van der Waals surface area contributed by atoms with E-state index in [-0.39, 0.29) is 24.1 Å². The van der Waals surface area contributed by atoms with E-state index >= 15 is 0 Å². The van der Waals surface area contributed by atoms with Crippen LogP contribution in [0.2, 0.25) is 0 Å². The Kier molecular flexibility index (Phi) is 5.01. The number of carbonyl (C=O) groups excluding carboxylic acids is 1. The number of carbonyl (C=O) groups is 1. The fraction of sp³-hybridized carbons (Fsp3) is 0.333. The molecule has 1 aromatic carbocycles. The number of hydrogen-bond donors (Lipinski definition) is 1. The van der Waals surface area contributed by atoms with E-state index in [0.717, 1.165) is 11.3 Å². The molecular formula is C18H21N5O3. The van der Waals surface area contributed by atoms with Gasteiger partial charge in [0.25, 0.3) is 5.56 Å². The molecule has 8 nitrogen and oxygen atoms in total. The van der Waals surface area contributed by atoms with Crippen LogP contribution in [0.1, 0.15) is 25.5 Å². The molecule has 2 aromatic heterocycles. The first-order valence-electron chi connectivity index (χ1n) is 8.39. The molecule has 0 radical (unpaired) electrons. The third-order valence-electron chi connectivity index (χ3n) is 4.10. The second-order valence-corrected chi connectivity index (χ2v) is 5.97. The van der Waals surface area contributed by atoms with Crippen molar-refractivity contribution in [3.05, 3.63) is 52.7 Å². The Morgan fingerprint density at radius 2 is 2.04 bits per heavy atom. The molecule has 0 aliphatic heterocycles. The molecule has 0 saturated carbocycles. The van der Waals surface area contributed by atoms with Crippen LogP contribution >= 0.6 is 0 Å². The Morgan fingerprint density at radius 1 is 1.31 bits per heavy atom. The zero-order chi connectivity index (χ0) is 18.7. The highest BCUT2D eigenvalue weighted by Crippen LogP contribution is 2.17. The lowest BCUT2D eigenvalue weighted by molar-refractivity contribution is -0.122. The maximum absolute atomic E-state index is 12.4. The highest BCUT2D eigenvalue weighted by molar-refractivity contribution is 5.77. The molecule has 136 valence electrons. The Balaban J connectivity index is 1.68. The van der Waals surface area contributed by atoms with E-state index in [2.05, 4.69) is 15.4 Å². The average Bonchev–Trinajstić information content (AvgIpc) is 3.00. The van der Waals surface area contributed by atoms with Crippen LogP contribution < -0.4 is 15.6 Å². The van der Waals surface area contributed by atoms with Gasteiger partial charge < -0.3 is 10.1 Å². The second kappa shape index (κ2) is 7.38. The first-order valence-corrected chi connectivity index (χ1v) is 8.39. The minimum absolute atomic E-state index is 0.0992. The number of nitrogens with zero attached hydrogens (tertiary/aromatic N) is 4. The lowest BCUT2D eigenvalue weighted by Gasteiger charge is -2.15. The minimum atomic E-state index is -0.285. The average molecular weight is 355 g/mol. The van der Waals surface area contributed by atoms with Gasteiger partial charge in [0.2, 0.25) is 5.91 Å². The summed E-state index contributed by atoms with van der Waals surface area (Å²) in [6.45, 7) is 4.32. The smallest absolute Gasteiger partial charge is 0.264 e. The Hall–Kier alpha value is -3.16. The molecule has 1 amide bonds. The molecule has 0 fully saturated rings. The summed E-state index contributed by atoms with van der Waals surface area (Å²) in [7, 11) is 1.71. The van der Waals surface area contributed by atoms with Gasteiger partial charge in [-0.15, -0.1) is 0 Å². The normalized spacial score (nSPS) is 12.1. The number of ether oxygens (including phenoxy) is 1. The molecule has 1 unspecified atom stereocenters. The van der Waals surface area contributed by atoms with Crippen LogP contribution in [-0.4, -0.2) is 31.8 Å².